The number of ether oxygens (including phenoxy) is 1. The quantitative estimate of drug-likeness (QED) is 0.0931. The van der Waals surface area contributed by atoms with Crippen LogP contribution in [0.5, 0.6) is 0 Å². The summed E-state index contributed by atoms with van der Waals surface area (Å²) in [5.41, 5.74) is 1.84. The summed E-state index contributed by atoms with van der Waals surface area (Å²) < 4.78 is 5.64. The van der Waals surface area contributed by atoms with Crippen molar-refractivity contribution in [1.29, 1.82) is 0 Å². The van der Waals surface area contributed by atoms with E-state index in [4.69, 9.17) is 4.74 Å². The Morgan fingerprint density at radius 1 is 0.647 bits per heavy atom. The summed E-state index contributed by atoms with van der Waals surface area (Å²) in [4.78, 5) is 12.2. The summed E-state index contributed by atoms with van der Waals surface area (Å²) >= 11 is 0. The summed E-state index contributed by atoms with van der Waals surface area (Å²) in [5.74, 6) is -0.0228. The van der Waals surface area contributed by atoms with Gasteiger partial charge in [-0.1, -0.05) is 144 Å². The maximum atomic E-state index is 12.2. The predicted molar refractivity (Wildman–Crippen MR) is 151 cm³/mol. The highest BCUT2D eigenvalue weighted by Crippen LogP contribution is 2.27. The fraction of sp³-hybridized carbons (Fsp3) is 0.906. The van der Waals surface area contributed by atoms with Crippen LogP contribution in [-0.2, 0) is 9.53 Å². The molecular weight excluding hydrogens is 416 g/mol. The molecule has 0 aromatic rings. The molecule has 0 aromatic carbocycles. The Bertz CT molecular complexity index is 504. The number of carbonyl (C=O) groups excluding carboxylic acids is 1. The number of rotatable bonds is 21. The van der Waals surface area contributed by atoms with Crippen LogP contribution < -0.4 is 0 Å². The lowest BCUT2D eigenvalue weighted by Gasteiger charge is -2.21. The van der Waals surface area contributed by atoms with Gasteiger partial charge in [0.05, 0.1) is 0 Å². The molecule has 34 heavy (non-hydrogen) atoms. The molecule has 2 heteroatoms. The second-order valence-corrected chi connectivity index (χ2v) is 13.1. The fourth-order valence-electron chi connectivity index (χ4n) is 4.46. The van der Waals surface area contributed by atoms with Gasteiger partial charge in [0.2, 0.25) is 0 Å². The topological polar surface area (TPSA) is 26.3 Å². The van der Waals surface area contributed by atoms with E-state index in [1.165, 1.54) is 89.0 Å². The van der Waals surface area contributed by atoms with Crippen LogP contribution in [0.15, 0.2) is 11.6 Å². The monoisotopic (exact) mass is 478 g/mol. The van der Waals surface area contributed by atoms with Crippen LogP contribution >= 0.6 is 0 Å². The van der Waals surface area contributed by atoms with Gasteiger partial charge in [-0.3, -0.25) is 4.79 Å². The smallest absolute Gasteiger partial charge is 0.306 e. The first kappa shape index (κ1) is 33.2. The third-order valence-electron chi connectivity index (χ3n) is 6.49. The minimum Gasteiger partial charge on any atom is -0.461 e. The zero-order valence-electron chi connectivity index (χ0n) is 24.5. The zero-order valence-corrected chi connectivity index (χ0v) is 24.5. The van der Waals surface area contributed by atoms with Crippen LogP contribution in [0.3, 0.4) is 0 Å². The molecule has 0 aromatic heterocycles. The standard InChI is InChI=1S/C32H62O2/c1-8-9-10-11-12-13-14-15-16-17-18-19-20-21-22-25-30(33)34-28-29(27-32(5,6)7)24-23-26-31(2,3)4/h24H,8-23,25-28H2,1-7H3. The van der Waals surface area contributed by atoms with Crippen LogP contribution in [-0.4, -0.2) is 12.6 Å². The Morgan fingerprint density at radius 3 is 1.50 bits per heavy atom. The molecule has 0 aliphatic heterocycles. The zero-order chi connectivity index (χ0) is 25.7. The number of carbonyl (C=O) groups is 1. The van der Waals surface area contributed by atoms with Crippen molar-refractivity contribution in [2.75, 3.05) is 6.61 Å². The van der Waals surface area contributed by atoms with Gasteiger partial charge in [-0.05, 0) is 42.1 Å². The van der Waals surface area contributed by atoms with E-state index in [-0.39, 0.29) is 11.4 Å². The highest BCUT2D eigenvalue weighted by Gasteiger charge is 2.15. The molecule has 0 aliphatic rings. The maximum Gasteiger partial charge on any atom is 0.306 e. The molecule has 0 aliphatic carbocycles. The molecule has 0 amide bonds. The lowest BCUT2D eigenvalue weighted by atomic mass is 9.86. The molecule has 0 saturated carbocycles. The minimum absolute atomic E-state index is 0.0228. The molecule has 0 N–H and O–H groups in total. The first-order chi connectivity index (χ1) is 16.0. The molecule has 0 bridgehead atoms. The maximum absolute atomic E-state index is 12.2. The molecule has 2 nitrogen and oxygen atoms in total. The largest absolute Gasteiger partial charge is 0.461 e. The number of esters is 1. The third-order valence-corrected chi connectivity index (χ3v) is 6.49. The molecular formula is C32H62O2. The van der Waals surface area contributed by atoms with Gasteiger partial charge >= 0.3 is 5.97 Å². The van der Waals surface area contributed by atoms with Crippen molar-refractivity contribution >= 4 is 5.97 Å². The number of allylic oxidation sites excluding steroid dienone is 1. The van der Waals surface area contributed by atoms with Crippen molar-refractivity contribution in [2.24, 2.45) is 10.8 Å². The van der Waals surface area contributed by atoms with E-state index < -0.39 is 0 Å². The summed E-state index contributed by atoms with van der Waals surface area (Å²) in [6.07, 6.45) is 26.3. The van der Waals surface area contributed by atoms with E-state index in [2.05, 4.69) is 54.5 Å². The molecule has 0 spiro atoms. The van der Waals surface area contributed by atoms with Crippen LogP contribution in [0.25, 0.3) is 0 Å². The average molecular weight is 479 g/mol. The van der Waals surface area contributed by atoms with Gasteiger partial charge < -0.3 is 4.74 Å². The molecule has 0 rings (SSSR count). The molecule has 0 saturated heterocycles. The second-order valence-electron chi connectivity index (χ2n) is 13.1. The van der Waals surface area contributed by atoms with Crippen molar-refractivity contribution in [3.05, 3.63) is 11.6 Å². The number of unbranched alkanes of at least 4 members (excludes halogenated alkanes) is 14. The van der Waals surface area contributed by atoms with Crippen molar-refractivity contribution in [2.45, 2.75) is 170 Å². The van der Waals surface area contributed by atoms with E-state index in [0.717, 1.165) is 32.1 Å². The van der Waals surface area contributed by atoms with E-state index in [1.54, 1.807) is 0 Å². The Hall–Kier alpha value is -0.790. The van der Waals surface area contributed by atoms with E-state index in [9.17, 15) is 4.79 Å². The lowest BCUT2D eigenvalue weighted by Crippen LogP contribution is -2.13. The van der Waals surface area contributed by atoms with E-state index in [1.807, 2.05) is 0 Å². The molecule has 0 radical (unpaired) electrons. The molecule has 0 fully saturated rings. The van der Waals surface area contributed by atoms with Crippen LogP contribution in [0.1, 0.15) is 170 Å². The third kappa shape index (κ3) is 25.8. The Labute approximate surface area is 215 Å². The molecule has 0 atom stereocenters. The Kier molecular flexibility index (Phi) is 19.9. The van der Waals surface area contributed by atoms with E-state index in [0.29, 0.717) is 18.4 Å². The summed E-state index contributed by atoms with van der Waals surface area (Å²) in [7, 11) is 0. The van der Waals surface area contributed by atoms with Crippen molar-refractivity contribution in [3.63, 3.8) is 0 Å². The lowest BCUT2D eigenvalue weighted by molar-refractivity contribution is -0.142. The van der Waals surface area contributed by atoms with Crippen LogP contribution in [0.4, 0.5) is 0 Å². The normalized spacial score (nSPS) is 12.9. The average Bonchev–Trinajstić information content (AvgIpc) is 2.72. The van der Waals surface area contributed by atoms with Gasteiger partial charge in [0.15, 0.2) is 0 Å². The SMILES string of the molecule is CCCCCCCCCCCCCCCCCC(=O)OCC(=CCCC(C)(C)C)CC(C)(C)C. The summed E-state index contributed by atoms with van der Waals surface area (Å²) in [6.45, 7) is 16.3. The van der Waals surface area contributed by atoms with Crippen LogP contribution in [0.2, 0.25) is 0 Å². The number of hydrogen-bond donors (Lipinski definition) is 0. The molecule has 202 valence electrons. The predicted octanol–water partition coefficient (Wildman–Crippen LogP) is 11.0. The van der Waals surface area contributed by atoms with Crippen molar-refractivity contribution in [1.82, 2.24) is 0 Å². The van der Waals surface area contributed by atoms with E-state index >= 15 is 0 Å². The van der Waals surface area contributed by atoms with Gasteiger partial charge in [-0.25, -0.2) is 0 Å². The Morgan fingerprint density at radius 2 is 1.09 bits per heavy atom. The van der Waals surface area contributed by atoms with Crippen molar-refractivity contribution in [3.8, 4) is 0 Å². The van der Waals surface area contributed by atoms with Gasteiger partial charge in [0, 0.05) is 6.42 Å². The van der Waals surface area contributed by atoms with Crippen LogP contribution in [0, 0.1) is 10.8 Å². The summed E-state index contributed by atoms with van der Waals surface area (Å²) in [5, 5.41) is 0. The first-order valence-electron chi connectivity index (χ1n) is 14.9. The second kappa shape index (κ2) is 20.4. The Balaban J connectivity index is 3.76. The highest BCUT2D eigenvalue weighted by molar-refractivity contribution is 5.69. The first-order valence-corrected chi connectivity index (χ1v) is 14.9. The number of hydrogen-bond acceptors (Lipinski definition) is 2. The minimum atomic E-state index is -0.0228. The summed E-state index contributed by atoms with van der Waals surface area (Å²) in [6, 6.07) is 0. The highest BCUT2D eigenvalue weighted by atomic mass is 16.5. The van der Waals surface area contributed by atoms with Crippen molar-refractivity contribution < 1.29 is 9.53 Å². The fourth-order valence-corrected chi connectivity index (χ4v) is 4.46. The molecule has 0 unspecified atom stereocenters. The van der Waals surface area contributed by atoms with Gasteiger partial charge in [0.1, 0.15) is 6.61 Å². The van der Waals surface area contributed by atoms with Gasteiger partial charge in [0.25, 0.3) is 0 Å². The molecule has 0 heterocycles. The van der Waals surface area contributed by atoms with Gasteiger partial charge in [-0.2, -0.15) is 0 Å². The van der Waals surface area contributed by atoms with Gasteiger partial charge in [-0.15, -0.1) is 0 Å².